The highest BCUT2D eigenvalue weighted by Gasteiger charge is 2.45. The van der Waals surface area contributed by atoms with Crippen molar-refractivity contribution in [1.29, 1.82) is 5.26 Å². The minimum atomic E-state index is -1.06. The van der Waals surface area contributed by atoms with E-state index in [-0.39, 0.29) is 47.9 Å². The number of rotatable bonds is 11. The van der Waals surface area contributed by atoms with Gasteiger partial charge in [-0.3, -0.25) is 14.9 Å². The van der Waals surface area contributed by atoms with Crippen LogP contribution in [-0.4, -0.2) is 33.1 Å². The lowest BCUT2D eigenvalue weighted by atomic mass is 9.68. The minimum Gasteiger partial charge on any atom is -0.488 e. The van der Waals surface area contributed by atoms with Crippen LogP contribution >= 0.6 is 0 Å². The molecule has 11 heteroatoms. The molecule has 5 rings (SSSR count). The van der Waals surface area contributed by atoms with Crippen LogP contribution in [0.5, 0.6) is 11.5 Å². The molecule has 2 unspecified atom stereocenters. The second-order valence-electron chi connectivity index (χ2n) is 10.4. The third-order valence-corrected chi connectivity index (χ3v) is 7.72. The highest BCUT2D eigenvalue weighted by atomic mass is 16.6. The molecule has 2 atom stereocenters. The molecule has 44 heavy (non-hydrogen) atoms. The predicted octanol–water partition coefficient (Wildman–Crippen LogP) is 5.65. The van der Waals surface area contributed by atoms with Gasteiger partial charge in [0.15, 0.2) is 12.1 Å². The van der Waals surface area contributed by atoms with Crippen LogP contribution in [0.25, 0.3) is 5.57 Å². The van der Waals surface area contributed by atoms with Gasteiger partial charge in [-0.25, -0.2) is 0 Å². The third kappa shape index (κ3) is 5.84. The Balaban J connectivity index is 1.52. The van der Waals surface area contributed by atoms with Gasteiger partial charge in [-0.05, 0) is 41.3 Å². The van der Waals surface area contributed by atoms with Gasteiger partial charge in [0, 0.05) is 18.1 Å². The number of aliphatic hydroxyl groups excluding tert-OH is 1. The topological polar surface area (TPSA) is 162 Å². The van der Waals surface area contributed by atoms with Crippen LogP contribution in [0.2, 0.25) is 0 Å². The van der Waals surface area contributed by atoms with Gasteiger partial charge in [0.1, 0.15) is 25.6 Å². The van der Waals surface area contributed by atoms with E-state index in [2.05, 4.69) is 16.2 Å². The molecule has 1 heterocycles. The van der Waals surface area contributed by atoms with Crippen LogP contribution in [0.15, 0.2) is 83.4 Å². The number of benzene rings is 3. The molecule has 0 bridgehead atoms. The molecule has 0 radical (unpaired) electrons. The Labute approximate surface area is 252 Å². The summed E-state index contributed by atoms with van der Waals surface area (Å²) in [5, 5.41) is 35.0. The third-order valence-electron chi connectivity index (χ3n) is 7.72. The predicted molar refractivity (Wildman–Crippen MR) is 159 cm³/mol. The number of hydrogen-bond donors (Lipinski definition) is 1. The van der Waals surface area contributed by atoms with Gasteiger partial charge in [-0.1, -0.05) is 66.7 Å². The van der Waals surface area contributed by atoms with Gasteiger partial charge < -0.3 is 19.1 Å². The summed E-state index contributed by atoms with van der Waals surface area (Å²) in [6.07, 6.45) is 6.18. The Morgan fingerprint density at radius 3 is 2.68 bits per heavy atom. The summed E-state index contributed by atoms with van der Waals surface area (Å²) in [4.78, 5) is 27.7. The first-order valence-electron chi connectivity index (χ1n) is 13.7. The highest BCUT2D eigenvalue weighted by Crippen LogP contribution is 2.45. The lowest BCUT2D eigenvalue weighted by Gasteiger charge is -2.37. The number of ether oxygens (including phenoxy) is 2. The molecule has 222 valence electrons. The molecule has 0 aliphatic heterocycles. The van der Waals surface area contributed by atoms with Gasteiger partial charge >= 0.3 is 5.69 Å². The fourth-order valence-corrected chi connectivity index (χ4v) is 5.25. The maximum absolute atomic E-state index is 12.1. The summed E-state index contributed by atoms with van der Waals surface area (Å²) in [5.41, 5.74) is 2.65. The van der Waals surface area contributed by atoms with Crippen LogP contribution in [0.3, 0.4) is 0 Å². The van der Waals surface area contributed by atoms with E-state index in [1.807, 2.05) is 56.3 Å². The maximum atomic E-state index is 12.1. The van der Waals surface area contributed by atoms with E-state index in [0.29, 0.717) is 17.4 Å². The molecule has 0 spiro atoms. The normalized spacial score (nSPS) is 17.4. The van der Waals surface area contributed by atoms with E-state index in [9.17, 15) is 25.3 Å². The molecule has 4 aromatic rings. The zero-order valence-corrected chi connectivity index (χ0v) is 24.0. The van der Waals surface area contributed by atoms with Gasteiger partial charge in [0.25, 0.3) is 5.89 Å². The number of carbonyl (C=O) groups is 1. The number of hydrogen-bond acceptors (Lipinski definition) is 10. The molecule has 11 nitrogen and oxygen atoms in total. The second-order valence-corrected chi connectivity index (χ2v) is 10.4. The van der Waals surface area contributed by atoms with Gasteiger partial charge in [0.05, 0.1) is 27.5 Å². The first-order chi connectivity index (χ1) is 21.3. The number of nitriles is 1. The van der Waals surface area contributed by atoms with E-state index < -0.39 is 22.6 Å². The number of allylic oxidation sites excluding steroid dienone is 3. The Hall–Kier alpha value is -5.60. The van der Waals surface area contributed by atoms with Gasteiger partial charge in [0.2, 0.25) is 5.75 Å². The molecular formula is C33H28N4O7. The minimum absolute atomic E-state index is 0.00863. The maximum Gasteiger partial charge on any atom is 0.311 e. The van der Waals surface area contributed by atoms with E-state index >= 15 is 0 Å². The van der Waals surface area contributed by atoms with Crippen LogP contribution < -0.4 is 9.47 Å². The summed E-state index contributed by atoms with van der Waals surface area (Å²) >= 11 is 0. The molecule has 1 aliphatic carbocycles. The average Bonchev–Trinajstić information content (AvgIpc) is 3.54. The van der Waals surface area contributed by atoms with Crippen molar-refractivity contribution >= 4 is 17.5 Å². The summed E-state index contributed by atoms with van der Waals surface area (Å²) in [6, 6.07) is 19.2. The van der Waals surface area contributed by atoms with Crippen molar-refractivity contribution in [2.24, 2.45) is 5.92 Å². The Kier molecular flexibility index (Phi) is 8.64. The van der Waals surface area contributed by atoms with Crippen molar-refractivity contribution in [3.63, 3.8) is 0 Å². The van der Waals surface area contributed by atoms with Crippen molar-refractivity contribution in [3.05, 3.63) is 129 Å². The number of aromatic nitrogens is 2. The summed E-state index contributed by atoms with van der Waals surface area (Å²) < 4.78 is 17.3. The second kappa shape index (κ2) is 12.7. The SMILES string of the molecule is Cc1ccccc1C1=CC=CC(COc2cc(OCc3cccc(C#N)c3)c(C=O)cc2[N+](=O)[O-])(c2noc(CO)n2)C1C. The molecule has 0 fully saturated rings. The van der Waals surface area contributed by atoms with Crippen LogP contribution in [-0.2, 0) is 18.6 Å². The Bertz CT molecular complexity index is 1820. The molecule has 0 saturated carbocycles. The zero-order valence-electron chi connectivity index (χ0n) is 24.0. The molecule has 1 N–H and O–H groups in total. The molecule has 3 aromatic carbocycles. The summed E-state index contributed by atoms with van der Waals surface area (Å²) in [6.45, 7) is 3.39. The van der Waals surface area contributed by atoms with E-state index in [1.54, 1.807) is 24.3 Å². The van der Waals surface area contributed by atoms with Crippen molar-refractivity contribution < 1.29 is 28.8 Å². The van der Waals surface area contributed by atoms with Crippen molar-refractivity contribution in [2.75, 3.05) is 6.61 Å². The van der Waals surface area contributed by atoms with Crippen molar-refractivity contribution in [2.45, 2.75) is 32.5 Å². The summed E-state index contributed by atoms with van der Waals surface area (Å²) in [5.74, 6) is -0.0878. The van der Waals surface area contributed by atoms with Gasteiger partial charge in [-0.15, -0.1) is 0 Å². The first-order valence-corrected chi connectivity index (χ1v) is 13.7. The van der Waals surface area contributed by atoms with E-state index in [4.69, 9.17) is 14.0 Å². The smallest absolute Gasteiger partial charge is 0.311 e. The lowest BCUT2D eigenvalue weighted by molar-refractivity contribution is -0.386. The fourth-order valence-electron chi connectivity index (χ4n) is 5.25. The number of nitro benzene ring substituents is 1. The van der Waals surface area contributed by atoms with E-state index in [0.717, 1.165) is 22.8 Å². The number of aliphatic hydroxyl groups is 1. The molecule has 0 amide bonds. The number of nitro groups is 1. The monoisotopic (exact) mass is 592 g/mol. The molecule has 0 saturated heterocycles. The Morgan fingerprint density at radius 2 is 1.98 bits per heavy atom. The standard InChI is InChI=1S/C33H28N4O7/c1-21-7-3-4-10-26(21)27-11-6-12-33(22(27)2,32-35-31(18-39)44-36-32)20-43-30-15-29(25(17-38)14-28(30)37(40)41)42-19-24-9-5-8-23(13-24)16-34/h3-15,17,22,39H,18-20H2,1-2H3. The molecular weight excluding hydrogens is 564 g/mol. The molecule has 1 aromatic heterocycles. The number of aryl methyl sites for hydroxylation is 1. The Morgan fingerprint density at radius 1 is 1.16 bits per heavy atom. The van der Waals surface area contributed by atoms with E-state index in [1.165, 1.54) is 6.07 Å². The van der Waals surface area contributed by atoms with Crippen LogP contribution in [0.4, 0.5) is 5.69 Å². The fraction of sp³-hybridized carbons (Fsp3) is 0.212. The summed E-state index contributed by atoms with van der Waals surface area (Å²) in [7, 11) is 0. The number of nitrogens with zero attached hydrogens (tertiary/aromatic N) is 4. The van der Waals surface area contributed by atoms with Gasteiger partial charge in [-0.2, -0.15) is 10.2 Å². The average molecular weight is 593 g/mol. The zero-order chi connectivity index (χ0) is 31.3. The molecule has 1 aliphatic rings. The van der Waals surface area contributed by atoms with Crippen molar-refractivity contribution in [3.8, 4) is 17.6 Å². The largest absolute Gasteiger partial charge is 0.488 e. The lowest BCUT2D eigenvalue weighted by Crippen LogP contribution is -2.41. The first kappa shape index (κ1) is 29.9. The number of carbonyl (C=O) groups excluding carboxylic acids is 1. The van der Waals surface area contributed by atoms with Crippen LogP contribution in [0, 0.1) is 34.3 Å². The van der Waals surface area contributed by atoms with Crippen molar-refractivity contribution in [1.82, 2.24) is 10.1 Å². The quantitative estimate of drug-likeness (QED) is 0.131. The van der Waals surface area contributed by atoms with Crippen LogP contribution in [0.1, 0.15) is 51.3 Å². The number of aldehydes is 1. The highest BCUT2D eigenvalue weighted by molar-refractivity contribution is 5.82.